The summed E-state index contributed by atoms with van der Waals surface area (Å²) in [6.07, 6.45) is 7.74. The number of halogens is 1. The van der Waals surface area contributed by atoms with Crippen molar-refractivity contribution in [3.63, 3.8) is 0 Å². The maximum atomic E-state index is 14.4. The fraction of sp³-hybridized carbons (Fsp3) is 0.524. The lowest BCUT2D eigenvalue weighted by molar-refractivity contribution is 0.0868. The van der Waals surface area contributed by atoms with Crippen molar-refractivity contribution in [3.05, 3.63) is 29.7 Å². The van der Waals surface area contributed by atoms with Crippen LogP contribution in [-0.4, -0.2) is 57.0 Å². The van der Waals surface area contributed by atoms with Gasteiger partial charge in [0, 0.05) is 24.3 Å². The van der Waals surface area contributed by atoms with Crippen LogP contribution in [0.5, 0.6) is 0 Å². The molecule has 0 aromatic carbocycles. The van der Waals surface area contributed by atoms with Crippen molar-refractivity contribution in [2.45, 2.75) is 68.1 Å². The number of aliphatic hydroxyl groups excluding tert-OH is 1. The first-order valence-electron chi connectivity index (χ1n) is 10.7. The summed E-state index contributed by atoms with van der Waals surface area (Å²) in [5.41, 5.74) is 2.83. The number of carbonyl (C=O) groups is 1. The second-order valence-corrected chi connectivity index (χ2v) is 9.37. The molecule has 0 bridgehead atoms. The highest BCUT2D eigenvalue weighted by molar-refractivity contribution is 8.12. The summed E-state index contributed by atoms with van der Waals surface area (Å²) < 4.78 is 14.4. The van der Waals surface area contributed by atoms with Gasteiger partial charge in [0.2, 0.25) is 0 Å². The number of thioether (sulfide) groups is 1. The van der Waals surface area contributed by atoms with E-state index in [1.807, 2.05) is 0 Å². The Labute approximate surface area is 183 Å². The Morgan fingerprint density at radius 3 is 2.71 bits per heavy atom. The topological polar surface area (TPSA) is 111 Å². The summed E-state index contributed by atoms with van der Waals surface area (Å²) in [5.74, 6) is -0.0973. The van der Waals surface area contributed by atoms with Crippen molar-refractivity contribution < 1.29 is 14.3 Å². The van der Waals surface area contributed by atoms with Gasteiger partial charge in [0.25, 0.3) is 5.91 Å². The standard InChI is InChI=1S/C21H25FN6O2S/c22-15-7-17-21(31-10-24-17)28-19(15)27-18-8-16(25-11-1-2-11)14(9-23-18)20(30)26-12-3-5-13(29)6-4-12/h7-13,17,21,29H,1-6H2,(H,26,30)(H2,23,25,27,28)/t12-,13-,17?,21?. The number of aliphatic hydroxyl groups is 1. The number of nitrogens with one attached hydrogen (secondary N) is 3. The third kappa shape index (κ3) is 4.74. The Morgan fingerprint density at radius 2 is 1.94 bits per heavy atom. The van der Waals surface area contributed by atoms with E-state index < -0.39 is 5.83 Å². The normalized spacial score (nSPS) is 29.6. The Morgan fingerprint density at radius 1 is 1.16 bits per heavy atom. The maximum Gasteiger partial charge on any atom is 0.255 e. The molecule has 8 nitrogen and oxygen atoms in total. The predicted octanol–water partition coefficient (Wildman–Crippen LogP) is 2.84. The largest absolute Gasteiger partial charge is 0.393 e. The first-order valence-corrected chi connectivity index (χ1v) is 11.6. The molecule has 164 valence electrons. The van der Waals surface area contributed by atoms with Gasteiger partial charge in [-0.1, -0.05) is 11.8 Å². The van der Waals surface area contributed by atoms with Crippen LogP contribution in [0, 0.1) is 0 Å². The van der Waals surface area contributed by atoms with Crippen LogP contribution in [0.3, 0.4) is 0 Å². The summed E-state index contributed by atoms with van der Waals surface area (Å²) in [4.78, 5) is 25.8. The van der Waals surface area contributed by atoms with Crippen molar-refractivity contribution in [1.29, 1.82) is 0 Å². The van der Waals surface area contributed by atoms with Crippen LogP contribution in [0.15, 0.2) is 34.2 Å². The predicted molar refractivity (Wildman–Crippen MR) is 121 cm³/mol. The number of pyridine rings is 1. The highest BCUT2D eigenvalue weighted by Crippen LogP contribution is 2.31. The van der Waals surface area contributed by atoms with E-state index in [4.69, 9.17) is 0 Å². The lowest BCUT2D eigenvalue weighted by atomic mass is 9.93. The van der Waals surface area contributed by atoms with E-state index in [1.165, 1.54) is 24.0 Å². The van der Waals surface area contributed by atoms with Crippen LogP contribution in [0.1, 0.15) is 48.9 Å². The van der Waals surface area contributed by atoms with E-state index >= 15 is 0 Å². The van der Waals surface area contributed by atoms with Gasteiger partial charge in [-0.15, -0.1) is 0 Å². The SMILES string of the molecule is O=C(N[C@H]1CC[C@H](O)CC1)c1cnc(NC2=NC3SC=NC3C=C2F)cc1NC1CC1. The van der Waals surface area contributed by atoms with Crippen LogP contribution >= 0.6 is 11.8 Å². The van der Waals surface area contributed by atoms with E-state index in [-0.39, 0.29) is 35.3 Å². The number of dihydropyridines is 1. The number of amidine groups is 1. The first kappa shape index (κ1) is 20.4. The molecule has 5 rings (SSSR count). The molecule has 2 aliphatic heterocycles. The highest BCUT2D eigenvalue weighted by Gasteiger charge is 2.30. The van der Waals surface area contributed by atoms with Crippen molar-refractivity contribution in [2.75, 3.05) is 10.6 Å². The molecule has 1 aromatic rings. The Hall–Kier alpha value is -2.46. The van der Waals surface area contributed by atoms with Crippen LogP contribution in [0.2, 0.25) is 0 Å². The molecule has 0 saturated heterocycles. The quantitative estimate of drug-likeness (QED) is 0.556. The number of aromatic nitrogens is 1. The number of amides is 1. The van der Waals surface area contributed by atoms with Gasteiger partial charge in [-0.05, 0) is 44.6 Å². The van der Waals surface area contributed by atoms with Gasteiger partial charge in [-0.2, -0.15) is 0 Å². The van der Waals surface area contributed by atoms with Crippen molar-refractivity contribution in [1.82, 2.24) is 10.3 Å². The lowest BCUT2D eigenvalue weighted by Gasteiger charge is -2.26. The van der Waals surface area contributed by atoms with Gasteiger partial charge >= 0.3 is 0 Å². The number of anilines is 2. The summed E-state index contributed by atoms with van der Waals surface area (Å²) in [6.45, 7) is 0. The molecule has 1 aromatic heterocycles. The molecular weight excluding hydrogens is 419 g/mol. The molecule has 1 amide bonds. The summed E-state index contributed by atoms with van der Waals surface area (Å²) in [5, 5.41) is 18.9. The number of hydrogen-bond donors (Lipinski definition) is 4. The van der Waals surface area contributed by atoms with E-state index in [0.717, 1.165) is 25.7 Å². The van der Waals surface area contributed by atoms with Crippen LogP contribution in [0.4, 0.5) is 15.9 Å². The zero-order chi connectivity index (χ0) is 21.4. The zero-order valence-electron chi connectivity index (χ0n) is 16.9. The van der Waals surface area contributed by atoms with Crippen LogP contribution < -0.4 is 16.0 Å². The minimum Gasteiger partial charge on any atom is -0.393 e. The van der Waals surface area contributed by atoms with Crippen molar-refractivity contribution in [2.24, 2.45) is 9.98 Å². The Balaban J connectivity index is 1.32. The van der Waals surface area contributed by atoms with E-state index in [2.05, 4.69) is 30.9 Å². The molecule has 4 aliphatic rings. The molecule has 0 spiro atoms. The maximum absolute atomic E-state index is 14.4. The zero-order valence-corrected chi connectivity index (χ0v) is 17.7. The van der Waals surface area contributed by atoms with Gasteiger partial charge < -0.3 is 21.1 Å². The molecule has 0 radical (unpaired) electrons. The molecular formula is C21H25FN6O2S. The van der Waals surface area contributed by atoms with Gasteiger partial charge in [0.1, 0.15) is 17.2 Å². The second-order valence-electron chi connectivity index (χ2n) is 8.40. The van der Waals surface area contributed by atoms with Gasteiger partial charge in [0.05, 0.1) is 22.9 Å². The van der Waals surface area contributed by atoms with Gasteiger partial charge in [-0.25, -0.2) is 14.4 Å². The van der Waals surface area contributed by atoms with Crippen LogP contribution in [0.25, 0.3) is 0 Å². The fourth-order valence-electron chi connectivity index (χ4n) is 3.94. The minimum absolute atomic E-state index is 0.0531. The average Bonchev–Trinajstić information content (AvgIpc) is 3.45. The Kier molecular flexibility index (Phi) is 5.66. The smallest absolute Gasteiger partial charge is 0.255 e. The Bertz CT molecular complexity index is 955. The molecule has 2 atom stereocenters. The van der Waals surface area contributed by atoms with Crippen molar-refractivity contribution in [3.8, 4) is 0 Å². The third-order valence-corrected chi connectivity index (χ3v) is 6.80. The average molecular weight is 445 g/mol. The first-order chi connectivity index (χ1) is 15.0. The summed E-state index contributed by atoms with van der Waals surface area (Å²) in [6, 6.07) is 1.86. The molecule has 31 heavy (non-hydrogen) atoms. The molecule has 2 fully saturated rings. The number of hydrogen-bond acceptors (Lipinski definition) is 8. The molecule has 2 aliphatic carbocycles. The van der Waals surface area contributed by atoms with Crippen LogP contribution in [-0.2, 0) is 0 Å². The fourth-order valence-corrected chi connectivity index (χ4v) is 4.75. The second kappa shape index (κ2) is 8.58. The summed E-state index contributed by atoms with van der Waals surface area (Å²) in [7, 11) is 0. The van der Waals surface area contributed by atoms with Gasteiger partial charge in [0.15, 0.2) is 11.7 Å². The number of fused-ring (bicyclic) bond motifs is 1. The molecule has 10 heteroatoms. The van der Waals surface area contributed by atoms with E-state index in [0.29, 0.717) is 36.0 Å². The number of aliphatic imine (C=N–C) groups is 2. The number of carbonyl (C=O) groups excluding carboxylic acids is 1. The number of rotatable bonds is 5. The molecule has 3 heterocycles. The molecule has 4 N–H and O–H groups in total. The monoisotopic (exact) mass is 444 g/mol. The van der Waals surface area contributed by atoms with E-state index in [9.17, 15) is 14.3 Å². The molecule has 2 saturated carbocycles. The lowest BCUT2D eigenvalue weighted by Crippen LogP contribution is -2.39. The highest BCUT2D eigenvalue weighted by atomic mass is 32.2. The number of nitrogens with zero attached hydrogens (tertiary/aromatic N) is 3. The third-order valence-electron chi connectivity index (χ3n) is 5.89. The minimum atomic E-state index is -0.458. The van der Waals surface area contributed by atoms with Gasteiger partial charge in [-0.3, -0.25) is 9.79 Å². The molecule has 2 unspecified atom stereocenters. The van der Waals surface area contributed by atoms with E-state index in [1.54, 1.807) is 11.6 Å². The van der Waals surface area contributed by atoms with Crippen molar-refractivity contribution >= 4 is 40.6 Å². The summed E-state index contributed by atoms with van der Waals surface area (Å²) >= 11 is 1.45.